The van der Waals surface area contributed by atoms with Gasteiger partial charge in [-0.3, -0.25) is 4.79 Å². The lowest BCUT2D eigenvalue weighted by molar-refractivity contribution is 0.101. The Labute approximate surface area is 153 Å². The molecule has 3 aromatic rings. The zero-order valence-corrected chi connectivity index (χ0v) is 15.4. The minimum atomic E-state index is 0.0322. The molecule has 0 atom stereocenters. The third kappa shape index (κ3) is 4.06. The van der Waals surface area contributed by atoms with Crippen LogP contribution in [0.4, 0.5) is 23.0 Å². The number of aryl methyl sites for hydroxylation is 2. The van der Waals surface area contributed by atoms with Crippen LogP contribution in [0.3, 0.4) is 0 Å². The Morgan fingerprint density at radius 2 is 1.58 bits per heavy atom. The maximum Gasteiger partial charge on any atom is 0.159 e. The number of hydrogen-bond acceptors (Lipinski definition) is 5. The summed E-state index contributed by atoms with van der Waals surface area (Å²) >= 11 is 0. The highest BCUT2D eigenvalue weighted by atomic mass is 16.1. The highest BCUT2D eigenvalue weighted by Gasteiger charge is 2.07. The van der Waals surface area contributed by atoms with Crippen LogP contribution in [-0.4, -0.2) is 15.8 Å². The predicted molar refractivity (Wildman–Crippen MR) is 106 cm³/mol. The Morgan fingerprint density at radius 1 is 0.885 bits per heavy atom. The van der Waals surface area contributed by atoms with E-state index in [1.165, 1.54) is 11.1 Å². The fourth-order valence-electron chi connectivity index (χ4n) is 2.68. The number of anilines is 4. The summed E-state index contributed by atoms with van der Waals surface area (Å²) in [4.78, 5) is 20.5. The van der Waals surface area contributed by atoms with E-state index in [2.05, 4.69) is 40.5 Å². The normalized spacial score (nSPS) is 10.5. The first-order valence-corrected chi connectivity index (χ1v) is 8.49. The maximum atomic E-state index is 11.6. The zero-order valence-electron chi connectivity index (χ0n) is 15.4. The number of Topliss-reactive ketones (excluding diaryl/α,β-unsaturated/α-hetero) is 1. The molecule has 0 saturated heterocycles. The molecule has 0 fully saturated rings. The molecule has 5 heteroatoms. The third-order valence-corrected chi connectivity index (χ3v) is 4.25. The van der Waals surface area contributed by atoms with Gasteiger partial charge in [0.25, 0.3) is 0 Å². The second-order valence-electron chi connectivity index (χ2n) is 6.32. The van der Waals surface area contributed by atoms with Gasteiger partial charge in [0.15, 0.2) is 5.78 Å². The van der Waals surface area contributed by atoms with Crippen molar-refractivity contribution in [1.29, 1.82) is 0 Å². The fraction of sp³-hybridized carbons (Fsp3) is 0.190. The van der Waals surface area contributed by atoms with E-state index < -0.39 is 0 Å². The summed E-state index contributed by atoms with van der Waals surface area (Å²) < 4.78 is 0. The zero-order chi connectivity index (χ0) is 18.7. The first-order valence-electron chi connectivity index (χ1n) is 8.49. The molecule has 1 heterocycles. The summed E-state index contributed by atoms with van der Waals surface area (Å²) in [6, 6.07) is 15.4. The SMILES string of the molecule is CC(=O)c1cccc(Nc2cc(Nc3cccc(C)c3C)nc(C)n2)c1. The molecule has 0 aliphatic heterocycles. The van der Waals surface area contributed by atoms with Gasteiger partial charge in [0.1, 0.15) is 17.5 Å². The van der Waals surface area contributed by atoms with Crippen LogP contribution in [-0.2, 0) is 0 Å². The van der Waals surface area contributed by atoms with Gasteiger partial charge >= 0.3 is 0 Å². The van der Waals surface area contributed by atoms with Gasteiger partial charge in [0, 0.05) is 23.0 Å². The van der Waals surface area contributed by atoms with Crippen molar-refractivity contribution in [2.24, 2.45) is 0 Å². The monoisotopic (exact) mass is 346 g/mol. The van der Waals surface area contributed by atoms with Crippen molar-refractivity contribution in [2.45, 2.75) is 27.7 Å². The van der Waals surface area contributed by atoms with Crippen molar-refractivity contribution in [2.75, 3.05) is 10.6 Å². The van der Waals surface area contributed by atoms with E-state index in [0.29, 0.717) is 17.2 Å². The molecule has 0 amide bonds. The van der Waals surface area contributed by atoms with E-state index in [1.54, 1.807) is 13.0 Å². The minimum Gasteiger partial charge on any atom is -0.340 e. The van der Waals surface area contributed by atoms with E-state index in [0.717, 1.165) is 17.2 Å². The number of carbonyl (C=O) groups excluding carboxylic acids is 1. The molecular weight excluding hydrogens is 324 g/mol. The molecule has 3 rings (SSSR count). The van der Waals surface area contributed by atoms with Crippen molar-refractivity contribution in [1.82, 2.24) is 9.97 Å². The summed E-state index contributed by atoms with van der Waals surface area (Å²) in [6.45, 7) is 7.57. The number of carbonyl (C=O) groups is 1. The highest BCUT2D eigenvalue weighted by Crippen LogP contribution is 2.24. The number of nitrogens with one attached hydrogen (secondary N) is 2. The average Bonchev–Trinajstić information content (AvgIpc) is 2.59. The third-order valence-electron chi connectivity index (χ3n) is 4.25. The second-order valence-corrected chi connectivity index (χ2v) is 6.32. The van der Waals surface area contributed by atoms with Gasteiger partial charge in [0.2, 0.25) is 0 Å². The molecule has 0 spiro atoms. The molecule has 2 aromatic carbocycles. The number of aromatic nitrogens is 2. The highest BCUT2D eigenvalue weighted by molar-refractivity contribution is 5.95. The lowest BCUT2D eigenvalue weighted by Gasteiger charge is -2.13. The standard InChI is InChI=1S/C21H22N4O/c1-13-7-5-10-19(14(13)2)25-21-12-20(22-16(4)23-21)24-18-9-6-8-17(11-18)15(3)26/h5-12H,1-4H3,(H2,22,23,24,25). The Hall–Kier alpha value is -3.21. The molecule has 0 aliphatic rings. The number of hydrogen-bond donors (Lipinski definition) is 2. The van der Waals surface area contributed by atoms with Crippen molar-refractivity contribution in [3.8, 4) is 0 Å². The molecule has 0 bridgehead atoms. The molecule has 0 aliphatic carbocycles. The van der Waals surface area contributed by atoms with Crippen LogP contribution in [0.5, 0.6) is 0 Å². The summed E-state index contributed by atoms with van der Waals surface area (Å²) in [6.07, 6.45) is 0. The molecular formula is C21H22N4O. The van der Waals surface area contributed by atoms with Gasteiger partial charge in [-0.1, -0.05) is 24.3 Å². The molecule has 0 unspecified atom stereocenters. The lowest BCUT2D eigenvalue weighted by atomic mass is 10.1. The fourth-order valence-corrected chi connectivity index (χ4v) is 2.68. The Morgan fingerprint density at radius 3 is 2.31 bits per heavy atom. The topological polar surface area (TPSA) is 66.9 Å². The van der Waals surface area contributed by atoms with Crippen LogP contribution in [0.25, 0.3) is 0 Å². The number of ketones is 1. The van der Waals surface area contributed by atoms with Crippen molar-refractivity contribution in [3.05, 3.63) is 71.0 Å². The average molecular weight is 346 g/mol. The maximum absolute atomic E-state index is 11.6. The molecule has 26 heavy (non-hydrogen) atoms. The Bertz CT molecular complexity index is 966. The van der Waals surface area contributed by atoms with Gasteiger partial charge < -0.3 is 10.6 Å². The number of benzene rings is 2. The van der Waals surface area contributed by atoms with Crippen molar-refractivity contribution >= 4 is 28.8 Å². The minimum absolute atomic E-state index is 0.0322. The van der Waals surface area contributed by atoms with Crippen molar-refractivity contribution in [3.63, 3.8) is 0 Å². The summed E-state index contributed by atoms with van der Waals surface area (Å²) in [5, 5.41) is 6.61. The van der Waals surface area contributed by atoms with Gasteiger partial charge in [-0.15, -0.1) is 0 Å². The largest absolute Gasteiger partial charge is 0.340 e. The molecule has 132 valence electrons. The van der Waals surface area contributed by atoms with E-state index in [4.69, 9.17) is 0 Å². The summed E-state index contributed by atoms with van der Waals surface area (Å²) in [7, 11) is 0. The molecule has 5 nitrogen and oxygen atoms in total. The number of rotatable bonds is 5. The van der Waals surface area contributed by atoms with Gasteiger partial charge in [-0.2, -0.15) is 0 Å². The Kier molecular flexibility index (Phi) is 4.98. The Balaban J connectivity index is 1.87. The van der Waals surface area contributed by atoms with Crippen LogP contribution in [0.1, 0.15) is 34.2 Å². The van der Waals surface area contributed by atoms with E-state index in [-0.39, 0.29) is 5.78 Å². The molecule has 0 radical (unpaired) electrons. The quantitative estimate of drug-likeness (QED) is 0.630. The molecule has 2 N–H and O–H groups in total. The number of nitrogens with zero attached hydrogens (tertiary/aromatic N) is 2. The molecule has 0 saturated carbocycles. The summed E-state index contributed by atoms with van der Waals surface area (Å²) in [5.74, 6) is 2.08. The van der Waals surface area contributed by atoms with E-state index in [1.807, 2.05) is 43.3 Å². The van der Waals surface area contributed by atoms with Crippen LogP contribution < -0.4 is 10.6 Å². The van der Waals surface area contributed by atoms with Gasteiger partial charge in [-0.25, -0.2) is 9.97 Å². The van der Waals surface area contributed by atoms with Crippen LogP contribution in [0, 0.1) is 20.8 Å². The van der Waals surface area contributed by atoms with E-state index >= 15 is 0 Å². The summed E-state index contributed by atoms with van der Waals surface area (Å²) in [5.41, 5.74) is 4.91. The predicted octanol–water partition coefficient (Wildman–Crippen LogP) is 5.09. The molecule has 1 aromatic heterocycles. The van der Waals surface area contributed by atoms with E-state index in [9.17, 15) is 4.79 Å². The first kappa shape index (κ1) is 17.6. The first-order chi connectivity index (χ1) is 12.4. The second kappa shape index (κ2) is 7.35. The van der Waals surface area contributed by atoms with Crippen LogP contribution in [0.2, 0.25) is 0 Å². The van der Waals surface area contributed by atoms with Crippen LogP contribution in [0.15, 0.2) is 48.5 Å². The lowest BCUT2D eigenvalue weighted by Crippen LogP contribution is -2.03. The van der Waals surface area contributed by atoms with Gasteiger partial charge in [-0.05, 0) is 57.0 Å². The van der Waals surface area contributed by atoms with Gasteiger partial charge in [0.05, 0.1) is 0 Å². The smallest absolute Gasteiger partial charge is 0.159 e. The van der Waals surface area contributed by atoms with Crippen LogP contribution >= 0.6 is 0 Å². The van der Waals surface area contributed by atoms with Crippen molar-refractivity contribution < 1.29 is 4.79 Å².